The molecular formula is C14H19NO2. The lowest BCUT2D eigenvalue weighted by atomic mass is 9.96. The van der Waals surface area contributed by atoms with Gasteiger partial charge in [0.1, 0.15) is 0 Å². The van der Waals surface area contributed by atoms with Gasteiger partial charge in [0.25, 0.3) is 0 Å². The van der Waals surface area contributed by atoms with Gasteiger partial charge in [0.15, 0.2) is 0 Å². The number of amides is 1. The van der Waals surface area contributed by atoms with Crippen molar-refractivity contribution in [2.24, 2.45) is 5.92 Å². The Morgan fingerprint density at radius 3 is 2.76 bits per heavy atom. The number of hydrogen-bond acceptors (Lipinski definition) is 2. The van der Waals surface area contributed by atoms with E-state index >= 15 is 0 Å². The van der Waals surface area contributed by atoms with Crippen molar-refractivity contribution >= 4 is 5.91 Å². The molecule has 1 heterocycles. The standard InChI is InChI=1S/C14H19NO2/c1-11-7-8-14(17)15(9-11)13(10-16)12-5-3-2-4-6-12/h2-6,11,13,16H,7-10H2,1H3/t11?,13-/m0/s1. The molecular weight excluding hydrogens is 214 g/mol. The molecule has 0 bridgehead atoms. The van der Waals surface area contributed by atoms with Crippen LogP contribution in [0.4, 0.5) is 0 Å². The van der Waals surface area contributed by atoms with E-state index in [9.17, 15) is 9.90 Å². The van der Waals surface area contributed by atoms with E-state index in [-0.39, 0.29) is 18.6 Å². The summed E-state index contributed by atoms with van der Waals surface area (Å²) in [6.07, 6.45) is 1.56. The molecule has 1 aromatic rings. The largest absolute Gasteiger partial charge is 0.394 e. The molecule has 17 heavy (non-hydrogen) atoms. The molecule has 3 heteroatoms. The SMILES string of the molecule is CC1CCC(=O)N([C@@H](CO)c2ccccc2)C1. The minimum Gasteiger partial charge on any atom is -0.394 e. The van der Waals surface area contributed by atoms with Crippen LogP contribution in [-0.2, 0) is 4.79 Å². The van der Waals surface area contributed by atoms with E-state index in [1.165, 1.54) is 0 Å². The molecule has 92 valence electrons. The predicted molar refractivity (Wildman–Crippen MR) is 66.4 cm³/mol. The number of carbonyl (C=O) groups is 1. The molecule has 1 aromatic carbocycles. The third-order valence-corrected chi connectivity index (χ3v) is 3.41. The number of aliphatic hydroxyl groups is 1. The van der Waals surface area contributed by atoms with Crippen molar-refractivity contribution in [2.45, 2.75) is 25.8 Å². The first kappa shape index (κ1) is 12.1. The number of piperidine rings is 1. The Kier molecular flexibility index (Phi) is 3.79. The highest BCUT2D eigenvalue weighted by molar-refractivity contribution is 5.77. The molecule has 0 saturated carbocycles. The van der Waals surface area contributed by atoms with Crippen LogP contribution < -0.4 is 0 Å². The molecule has 0 spiro atoms. The Morgan fingerprint density at radius 2 is 2.12 bits per heavy atom. The van der Waals surface area contributed by atoms with E-state index in [2.05, 4.69) is 6.92 Å². The van der Waals surface area contributed by atoms with Gasteiger partial charge >= 0.3 is 0 Å². The summed E-state index contributed by atoms with van der Waals surface area (Å²) in [7, 11) is 0. The van der Waals surface area contributed by atoms with Crippen LogP contribution in [0.1, 0.15) is 31.4 Å². The van der Waals surface area contributed by atoms with Gasteiger partial charge in [0.2, 0.25) is 5.91 Å². The maximum Gasteiger partial charge on any atom is 0.223 e. The molecule has 2 rings (SSSR count). The van der Waals surface area contributed by atoms with Gasteiger partial charge in [-0.3, -0.25) is 4.79 Å². The van der Waals surface area contributed by atoms with Gasteiger partial charge in [-0.05, 0) is 17.9 Å². The average Bonchev–Trinajstić information content (AvgIpc) is 2.36. The summed E-state index contributed by atoms with van der Waals surface area (Å²) >= 11 is 0. The van der Waals surface area contributed by atoms with Gasteiger partial charge in [-0.15, -0.1) is 0 Å². The Labute approximate surface area is 102 Å². The molecule has 1 aliphatic rings. The Balaban J connectivity index is 2.20. The van der Waals surface area contributed by atoms with E-state index in [0.717, 1.165) is 18.5 Å². The number of carbonyl (C=O) groups excluding carboxylic acids is 1. The van der Waals surface area contributed by atoms with Crippen molar-refractivity contribution in [1.82, 2.24) is 4.90 Å². The quantitative estimate of drug-likeness (QED) is 0.867. The van der Waals surface area contributed by atoms with Gasteiger partial charge in [-0.2, -0.15) is 0 Å². The summed E-state index contributed by atoms with van der Waals surface area (Å²) < 4.78 is 0. The van der Waals surface area contributed by atoms with Crippen LogP contribution in [0.5, 0.6) is 0 Å². The van der Waals surface area contributed by atoms with Crippen LogP contribution in [0.25, 0.3) is 0 Å². The highest BCUT2D eigenvalue weighted by Gasteiger charge is 2.29. The van der Waals surface area contributed by atoms with E-state index in [1.807, 2.05) is 35.2 Å². The Bertz CT molecular complexity index is 377. The van der Waals surface area contributed by atoms with Crippen molar-refractivity contribution in [3.63, 3.8) is 0 Å². The Morgan fingerprint density at radius 1 is 1.41 bits per heavy atom. The van der Waals surface area contributed by atoms with E-state index in [4.69, 9.17) is 0 Å². The number of nitrogens with zero attached hydrogens (tertiary/aromatic N) is 1. The second kappa shape index (κ2) is 5.32. The third-order valence-electron chi connectivity index (χ3n) is 3.41. The van der Waals surface area contributed by atoms with Crippen molar-refractivity contribution in [2.75, 3.05) is 13.2 Å². The highest BCUT2D eigenvalue weighted by atomic mass is 16.3. The zero-order valence-corrected chi connectivity index (χ0v) is 10.2. The molecule has 1 N–H and O–H groups in total. The molecule has 1 aliphatic heterocycles. The van der Waals surface area contributed by atoms with Gasteiger partial charge in [-0.25, -0.2) is 0 Å². The van der Waals surface area contributed by atoms with E-state index in [0.29, 0.717) is 12.3 Å². The average molecular weight is 233 g/mol. The Hall–Kier alpha value is -1.35. The van der Waals surface area contributed by atoms with Gasteiger partial charge in [-0.1, -0.05) is 37.3 Å². The number of aliphatic hydroxyl groups excluding tert-OH is 1. The molecule has 1 saturated heterocycles. The van der Waals surface area contributed by atoms with Crippen molar-refractivity contribution < 1.29 is 9.90 Å². The third kappa shape index (κ3) is 2.67. The van der Waals surface area contributed by atoms with Crippen LogP contribution in [0, 0.1) is 5.92 Å². The molecule has 2 atom stereocenters. The zero-order valence-electron chi connectivity index (χ0n) is 10.2. The van der Waals surface area contributed by atoms with E-state index in [1.54, 1.807) is 0 Å². The second-order valence-electron chi connectivity index (χ2n) is 4.80. The lowest BCUT2D eigenvalue weighted by Gasteiger charge is -2.36. The van der Waals surface area contributed by atoms with Gasteiger partial charge < -0.3 is 10.0 Å². The fourth-order valence-corrected chi connectivity index (χ4v) is 2.40. The van der Waals surface area contributed by atoms with Gasteiger partial charge in [0, 0.05) is 13.0 Å². The molecule has 0 aromatic heterocycles. The first-order chi connectivity index (χ1) is 8.22. The topological polar surface area (TPSA) is 40.5 Å². The molecule has 1 unspecified atom stereocenters. The van der Waals surface area contributed by atoms with Crippen LogP contribution >= 0.6 is 0 Å². The maximum atomic E-state index is 11.9. The maximum absolute atomic E-state index is 11.9. The van der Waals surface area contributed by atoms with Gasteiger partial charge in [0.05, 0.1) is 12.6 Å². The molecule has 3 nitrogen and oxygen atoms in total. The molecule has 0 aliphatic carbocycles. The highest BCUT2D eigenvalue weighted by Crippen LogP contribution is 2.27. The summed E-state index contributed by atoms with van der Waals surface area (Å²) in [6.45, 7) is 2.89. The first-order valence-electron chi connectivity index (χ1n) is 6.17. The number of hydrogen-bond donors (Lipinski definition) is 1. The zero-order chi connectivity index (χ0) is 12.3. The summed E-state index contributed by atoms with van der Waals surface area (Å²) in [5.74, 6) is 0.677. The molecule has 1 fully saturated rings. The first-order valence-corrected chi connectivity index (χ1v) is 6.17. The van der Waals surface area contributed by atoms with E-state index < -0.39 is 0 Å². The molecule has 1 amide bonds. The van der Waals surface area contributed by atoms with Crippen LogP contribution in [0.2, 0.25) is 0 Å². The lowest BCUT2D eigenvalue weighted by Crippen LogP contribution is -2.42. The summed E-state index contributed by atoms with van der Waals surface area (Å²) in [6, 6.07) is 9.57. The fourth-order valence-electron chi connectivity index (χ4n) is 2.40. The summed E-state index contributed by atoms with van der Waals surface area (Å²) in [5, 5.41) is 9.54. The summed E-state index contributed by atoms with van der Waals surface area (Å²) in [4.78, 5) is 13.8. The second-order valence-corrected chi connectivity index (χ2v) is 4.80. The van der Waals surface area contributed by atoms with Crippen molar-refractivity contribution in [3.8, 4) is 0 Å². The lowest BCUT2D eigenvalue weighted by molar-refractivity contribution is -0.138. The van der Waals surface area contributed by atoms with Crippen LogP contribution in [0.3, 0.4) is 0 Å². The number of rotatable bonds is 3. The van der Waals surface area contributed by atoms with Crippen LogP contribution in [0.15, 0.2) is 30.3 Å². The fraction of sp³-hybridized carbons (Fsp3) is 0.500. The van der Waals surface area contributed by atoms with Crippen molar-refractivity contribution in [3.05, 3.63) is 35.9 Å². The minimum atomic E-state index is -0.188. The number of benzene rings is 1. The smallest absolute Gasteiger partial charge is 0.223 e. The predicted octanol–water partition coefficient (Wildman–Crippen LogP) is 1.98. The summed E-state index contributed by atoms with van der Waals surface area (Å²) in [5.41, 5.74) is 1.01. The van der Waals surface area contributed by atoms with Crippen LogP contribution in [-0.4, -0.2) is 29.1 Å². The minimum absolute atomic E-state index is 0.0114. The monoisotopic (exact) mass is 233 g/mol. The molecule has 0 radical (unpaired) electrons. The van der Waals surface area contributed by atoms with Crippen molar-refractivity contribution in [1.29, 1.82) is 0 Å². The number of likely N-dealkylation sites (tertiary alicyclic amines) is 1. The normalized spacial score (nSPS) is 22.6.